The number of pyridine rings is 1. The molecular weight excluding hydrogens is 180 g/mol. The molecule has 2 rings (SSSR count). The Labute approximate surface area is 80.7 Å². The highest BCUT2D eigenvalue weighted by Gasteiger charge is 2.09. The lowest BCUT2D eigenvalue weighted by molar-refractivity contribution is 1.16. The van der Waals surface area contributed by atoms with Gasteiger partial charge in [-0.2, -0.15) is 11.3 Å². The van der Waals surface area contributed by atoms with Crippen molar-refractivity contribution in [2.75, 3.05) is 0 Å². The molecule has 0 aromatic carbocycles. The summed E-state index contributed by atoms with van der Waals surface area (Å²) in [6.45, 7) is 10.9. The maximum absolute atomic E-state index is 7.07. The Balaban J connectivity index is 2.99. The second-order valence-corrected chi connectivity index (χ2v) is 3.82. The molecule has 0 fully saturated rings. The molecule has 3 heteroatoms. The topological polar surface area (TPSA) is 17.2 Å². The highest BCUT2D eigenvalue weighted by atomic mass is 32.1. The summed E-state index contributed by atoms with van der Waals surface area (Å²) in [5.41, 5.74) is 2.55. The van der Waals surface area contributed by atoms with E-state index in [1.165, 1.54) is 0 Å². The molecule has 0 aliphatic rings. The minimum Gasteiger partial charge on any atom is -0.269 e. The molecule has 0 atom stereocenters. The largest absolute Gasteiger partial charge is 0.269 e. The van der Waals surface area contributed by atoms with Gasteiger partial charge < -0.3 is 0 Å². The molecule has 0 amide bonds. The molecule has 0 unspecified atom stereocenters. The number of aryl methyl sites for hydroxylation is 2. The zero-order valence-corrected chi connectivity index (χ0v) is 8.27. The van der Waals surface area contributed by atoms with Crippen LogP contribution in [0, 0.1) is 20.4 Å². The van der Waals surface area contributed by atoms with E-state index >= 15 is 0 Å². The number of aromatic nitrogens is 1. The van der Waals surface area contributed by atoms with Crippen LogP contribution in [0.3, 0.4) is 0 Å². The van der Waals surface area contributed by atoms with Gasteiger partial charge >= 0.3 is 0 Å². The molecule has 64 valence electrons. The number of nitrogens with zero attached hydrogens (tertiary/aromatic N) is 2. The van der Waals surface area contributed by atoms with Crippen molar-refractivity contribution >= 4 is 27.1 Å². The van der Waals surface area contributed by atoms with Crippen molar-refractivity contribution in [2.24, 2.45) is 0 Å². The SMILES string of the molecule is [C-]#[N+]c1c(C)nc(C)c2ccsc12. The Bertz CT molecular complexity index is 505. The van der Waals surface area contributed by atoms with Gasteiger partial charge in [-0.25, -0.2) is 4.85 Å². The van der Waals surface area contributed by atoms with Gasteiger partial charge in [0.25, 0.3) is 0 Å². The molecule has 0 aliphatic carbocycles. The van der Waals surface area contributed by atoms with Gasteiger partial charge in [0.1, 0.15) is 0 Å². The van der Waals surface area contributed by atoms with Gasteiger partial charge in [-0.05, 0) is 25.3 Å². The Kier molecular flexibility index (Phi) is 1.78. The van der Waals surface area contributed by atoms with Crippen LogP contribution >= 0.6 is 11.3 Å². The number of thiophene rings is 1. The predicted molar refractivity (Wildman–Crippen MR) is 55.4 cm³/mol. The standard InChI is InChI=1S/C10H8N2S/c1-6-8-4-5-13-10(8)9(11-3)7(2)12-6/h4-5H,1-2H3. The minimum atomic E-state index is 0.704. The monoisotopic (exact) mass is 188 g/mol. The fourth-order valence-electron chi connectivity index (χ4n) is 1.44. The smallest absolute Gasteiger partial charge is 0.225 e. The molecule has 0 radical (unpaired) electrons. The molecule has 2 aromatic rings. The van der Waals surface area contributed by atoms with E-state index in [1.807, 2.05) is 25.3 Å². The first-order valence-corrected chi connectivity index (χ1v) is 4.84. The number of hydrogen-bond acceptors (Lipinski definition) is 2. The number of rotatable bonds is 0. The quantitative estimate of drug-likeness (QED) is 0.579. The first-order valence-electron chi connectivity index (χ1n) is 3.96. The van der Waals surface area contributed by atoms with Gasteiger partial charge in [0.05, 0.1) is 6.57 Å². The van der Waals surface area contributed by atoms with Crippen molar-refractivity contribution < 1.29 is 0 Å². The van der Waals surface area contributed by atoms with Gasteiger partial charge in [-0.15, -0.1) is 0 Å². The van der Waals surface area contributed by atoms with Gasteiger partial charge in [-0.1, -0.05) is 0 Å². The summed E-state index contributed by atoms with van der Waals surface area (Å²) < 4.78 is 1.07. The third-order valence-electron chi connectivity index (χ3n) is 2.06. The number of hydrogen-bond donors (Lipinski definition) is 0. The molecule has 0 spiro atoms. The van der Waals surface area contributed by atoms with Crippen LogP contribution in [0.4, 0.5) is 5.69 Å². The third-order valence-corrected chi connectivity index (χ3v) is 2.98. The highest BCUT2D eigenvalue weighted by molar-refractivity contribution is 7.17. The summed E-state index contributed by atoms with van der Waals surface area (Å²) in [5.74, 6) is 0. The summed E-state index contributed by atoms with van der Waals surface area (Å²) in [4.78, 5) is 7.85. The van der Waals surface area contributed by atoms with Gasteiger partial charge in [0, 0.05) is 21.5 Å². The van der Waals surface area contributed by atoms with Crippen molar-refractivity contribution in [2.45, 2.75) is 13.8 Å². The van der Waals surface area contributed by atoms with E-state index < -0.39 is 0 Å². The summed E-state index contributed by atoms with van der Waals surface area (Å²) in [5, 5.41) is 3.12. The average Bonchev–Trinajstić information content (AvgIpc) is 2.53. The number of fused-ring (bicyclic) bond motifs is 1. The second kappa shape index (κ2) is 2.82. The van der Waals surface area contributed by atoms with Crippen LogP contribution in [0.1, 0.15) is 11.4 Å². The Morgan fingerprint density at radius 2 is 2.15 bits per heavy atom. The van der Waals surface area contributed by atoms with Gasteiger partial charge in [0.15, 0.2) is 0 Å². The van der Waals surface area contributed by atoms with Crippen LogP contribution in [0.15, 0.2) is 11.4 Å². The summed E-state index contributed by atoms with van der Waals surface area (Å²) in [6, 6.07) is 2.02. The van der Waals surface area contributed by atoms with Crippen molar-refractivity contribution in [3.63, 3.8) is 0 Å². The molecule has 2 aromatic heterocycles. The van der Waals surface area contributed by atoms with E-state index in [4.69, 9.17) is 6.57 Å². The van der Waals surface area contributed by atoms with Crippen molar-refractivity contribution in [1.82, 2.24) is 4.98 Å². The van der Waals surface area contributed by atoms with Gasteiger partial charge in [-0.3, -0.25) is 4.98 Å². The van der Waals surface area contributed by atoms with Crippen LogP contribution in [-0.2, 0) is 0 Å². The van der Waals surface area contributed by atoms with Crippen molar-refractivity contribution in [3.8, 4) is 0 Å². The first kappa shape index (κ1) is 8.21. The van der Waals surface area contributed by atoms with Crippen molar-refractivity contribution in [1.29, 1.82) is 0 Å². The van der Waals surface area contributed by atoms with E-state index in [-0.39, 0.29) is 0 Å². The van der Waals surface area contributed by atoms with E-state index in [2.05, 4.69) is 9.83 Å². The van der Waals surface area contributed by atoms with Crippen LogP contribution in [-0.4, -0.2) is 4.98 Å². The molecule has 0 N–H and O–H groups in total. The van der Waals surface area contributed by atoms with Gasteiger partial charge in [0.2, 0.25) is 5.69 Å². The fourth-order valence-corrected chi connectivity index (χ4v) is 2.43. The Morgan fingerprint density at radius 3 is 2.85 bits per heavy atom. The van der Waals surface area contributed by atoms with E-state index in [9.17, 15) is 0 Å². The lowest BCUT2D eigenvalue weighted by atomic mass is 10.2. The predicted octanol–water partition coefficient (Wildman–Crippen LogP) is 3.46. The van der Waals surface area contributed by atoms with Crippen LogP contribution in [0.2, 0.25) is 0 Å². The molecular formula is C10H8N2S. The molecule has 2 heterocycles. The molecule has 13 heavy (non-hydrogen) atoms. The van der Waals surface area contributed by atoms with E-state index in [1.54, 1.807) is 11.3 Å². The second-order valence-electron chi connectivity index (χ2n) is 2.91. The van der Waals surface area contributed by atoms with Crippen molar-refractivity contribution in [3.05, 3.63) is 34.3 Å². The lowest BCUT2D eigenvalue weighted by Gasteiger charge is -2.01. The molecule has 2 nitrogen and oxygen atoms in total. The summed E-state index contributed by atoms with van der Waals surface area (Å²) in [6.07, 6.45) is 0. The average molecular weight is 188 g/mol. The summed E-state index contributed by atoms with van der Waals surface area (Å²) >= 11 is 1.61. The maximum atomic E-state index is 7.07. The minimum absolute atomic E-state index is 0.704. The zero-order chi connectivity index (χ0) is 9.42. The van der Waals surface area contributed by atoms with E-state index in [0.29, 0.717) is 5.69 Å². The zero-order valence-electron chi connectivity index (χ0n) is 7.46. The Morgan fingerprint density at radius 1 is 1.38 bits per heavy atom. The molecule has 0 saturated carbocycles. The van der Waals surface area contributed by atoms with Crippen LogP contribution < -0.4 is 0 Å². The first-order chi connectivity index (χ1) is 6.24. The molecule has 0 bridgehead atoms. The molecule has 0 aliphatic heterocycles. The molecule has 0 saturated heterocycles. The van der Waals surface area contributed by atoms with Crippen LogP contribution in [0.5, 0.6) is 0 Å². The summed E-state index contributed by atoms with van der Waals surface area (Å²) in [7, 11) is 0. The normalized spacial score (nSPS) is 10.2. The van der Waals surface area contributed by atoms with Crippen LogP contribution in [0.25, 0.3) is 14.9 Å². The third kappa shape index (κ3) is 1.11. The fraction of sp³-hybridized carbons (Fsp3) is 0.200. The Hall–Kier alpha value is -1.40. The highest BCUT2D eigenvalue weighted by Crippen LogP contribution is 2.34. The van der Waals surface area contributed by atoms with E-state index in [0.717, 1.165) is 21.5 Å². The maximum Gasteiger partial charge on any atom is 0.225 e. The lowest BCUT2D eigenvalue weighted by Crippen LogP contribution is -1.85.